The molecule has 0 unspecified atom stereocenters. The summed E-state index contributed by atoms with van der Waals surface area (Å²) in [4.78, 5) is 16.2. The molecule has 0 aliphatic heterocycles. The van der Waals surface area contributed by atoms with E-state index in [0.717, 1.165) is 5.57 Å². The Bertz CT molecular complexity index is 581. The zero-order chi connectivity index (χ0) is 14.6. The van der Waals surface area contributed by atoms with E-state index in [1.165, 1.54) is 0 Å². The molecule has 20 heavy (non-hydrogen) atoms. The van der Waals surface area contributed by atoms with E-state index < -0.39 is 5.79 Å². The first-order chi connectivity index (χ1) is 9.60. The van der Waals surface area contributed by atoms with Crippen LogP contribution in [-0.4, -0.2) is 31.6 Å². The van der Waals surface area contributed by atoms with Crippen molar-refractivity contribution in [2.75, 3.05) is 14.2 Å². The number of hydrogen-bond donors (Lipinski definition) is 0. The van der Waals surface area contributed by atoms with Crippen LogP contribution in [0.2, 0.25) is 0 Å². The number of methoxy groups -OCH3 is 2. The summed E-state index contributed by atoms with van der Waals surface area (Å²) in [6, 6.07) is 8.97. The number of hydrogen-bond acceptors (Lipinski definition) is 3. The molecule has 0 radical (unpaired) electrons. The van der Waals surface area contributed by atoms with Gasteiger partial charge in [0.2, 0.25) is 5.79 Å². The fraction of sp³-hybridized carbons (Fsp3) is 0.250. The Morgan fingerprint density at radius 1 is 1.15 bits per heavy atom. The smallest absolute Gasteiger partial charge is 0.277 e. The lowest BCUT2D eigenvalue weighted by atomic mass is 10.0. The first-order valence-corrected chi connectivity index (χ1v) is 6.27. The van der Waals surface area contributed by atoms with E-state index in [0.29, 0.717) is 11.3 Å². The largest absolute Gasteiger partial charge is 0.346 e. The van der Waals surface area contributed by atoms with Gasteiger partial charge in [-0.1, -0.05) is 18.2 Å². The van der Waals surface area contributed by atoms with Crippen LogP contribution in [0.5, 0.6) is 0 Å². The van der Waals surface area contributed by atoms with Crippen LogP contribution in [0.3, 0.4) is 0 Å². The highest BCUT2D eigenvalue weighted by atomic mass is 16.7. The second-order valence-corrected chi connectivity index (χ2v) is 4.46. The van der Waals surface area contributed by atoms with Crippen LogP contribution in [0.4, 0.5) is 0 Å². The van der Waals surface area contributed by atoms with Crippen molar-refractivity contribution in [1.82, 2.24) is 0 Å². The van der Waals surface area contributed by atoms with Crippen molar-refractivity contribution < 1.29 is 14.3 Å². The highest BCUT2D eigenvalue weighted by Gasteiger charge is 2.27. The van der Waals surface area contributed by atoms with Crippen LogP contribution < -0.4 is 0 Å². The van der Waals surface area contributed by atoms with Crippen LogP contribution in [0, 0.1) is 0 Å². The Balaban J connectivity index is 2.26. The van der Waals surface area contributed by atoms with Crippen molar-refractivity contribution in [2.45, 2.75) is 12.7 Å². The van der Waals surface area contributed by atoms with E-state index in [9.17, 15) is 4.79 Å². The van der Waals surface area contributed by atoms with E-state index in [1.807, 2.05) is 25.1 Å². The fourth-order valence-electron chi connectivity index (χ4n) is 1.97. The van der Waals surface area contributed by atoms with Crippen molar-refractivity contribution in [2.24, 2.45) is 4.99 Å². The van der Waals surface area contributed by atoms with Crippen LogP contribution in [-0.2, 0) is 9.47 Å². The number of aliphatic imine (C=N–C) groups is 1. The van der Waals surface area contributed by atoms with Gasteiger partial charge in [-0.05, 0) is 42.9 Å². The van der Waals surface area contributed by atoms with Crippen molar-refractivity contribution in [3.05, 3.63) is 59.7 Å². The maximum Gasteiger partial charge on any atom is 0.277 e. The van der Waals surface area contributed by atoms with Gasteiger partial charge in [-0.25, -0.2) is 4.99 Å². The highest BCUT2D eigenvalue weighted by molar-refractivity contribution is 6.15. The van der Waals surface area contributed by atoms with E-state index in [2.05, 4.69) is 4.99 Å². The molecule has 0 saturated heterocycles. The predicted molar refractivity (Wildman–Crippen MR) is 77.9 cm³/mol. The molecule has 4 heteroatoms. The molecular formula is C16H17NO3. The number of carbonyl (C=O) groups is 1. The molecule has 2 rings (SSSR count). The molecule has 0 heterocycles. The summed E-state index contributed by atoms with van der Waals surface area (Å²) in [6.07, 6.45) is 5.27. The lowest BCUT2D eigenvalue weighted by molar-refractivity contribution is -0.133. The summed E-state index contributed by atoms with van der Waals surface area (Å²) >= 11 is 0. The molecule has 4 nitrogen and oxygen atoms in total. The number of nitrogens with zero attached hydrogens (tertiary/aromatic N) is 1. The lowest BCUT2D eigenvalue weighted by Gasteiger charge is -2.27. The van der Waals surface area contributed by atoms with Crippen LogP contribution in [0.15, 0.2) is 59.1 Å². The van der Waals surface area contributed by atoms with Crippen LogP contribution in [0.1, 0.15) is 17.3 Å². The van der Waals surface area contributed by atoms with Crippen molar-refractivity contribution in [3.63, 3.8) is 0 Å². The minimum absolute atomic E-state index is 0.264. The Morgan fingerprint density at radius 3 is 2.35 bits per heavy atom. The summed E-state index contributed by atoms with van der Waals surface area (Å²) in [5.41, 5.74) is 2.01. The van der Waals surface area contributed by atoms with Crippen molar-refractivity contribution in [3.8, 4) is 0 Å². The molecule has 1 aliphatic carbocycles. The maximum absolute atomic E-state index is 12.0. The molecule has 0 N–H and O–H groups in total. The minimum atomic E-state index is -0.876. The third-order valence-electron chi connectivity index (χ3n) is 3.18. The molecular weight excluding hydrogens is 254 g/mol. The summed E-state index contributed by atoms with van der Waals surface area (Å²) in [6.45, 7) is 1.87. The van der Waals surface area contributed by atoms with Gasteiger partial charge in [-0.3, -0.25) is 4.79 Å². The first kappa shape index (κ1) is 14.4. The van der Waals surface area contributed by atoms with Gasteiger partial charge >= 0.3 is 0 Å². The topological polar surface area (TPSA) is 47.9 Å². The van der Waals surface area contributed by atoms with E-state index in [1.54, 1.807) is 44.6 Å². The average Bonchev–Trinajstić information content (AvgIpc) is 2.50. The number of ether oxygens (including phenoxy) is 2. The van der Waals surface area contributed by atoms with Gasteiger partial charge < -0.3 is 9.47 Å². The molecule has 0 fully saturated rings. The first-order valence-electron chi connectivity index (χ1n) is 6.27. The Hall–Kier alpha value is -2.04. The molecule has 1 aliphatic rings. The summed E-state index contributed by atoms with van der Waals surface area (Å²) in [5, 5.41) is 0. The van der Waals surface area contributed by atoms with E-state index in [-0.39, 0.29) is 5.91 Å². The molecule has 1 amide bonds. The second kappa shape index (κ2) is 5.94. The third kappa shape index (κ3) is 2.92. The van der Waals surface area contributed by atoms with Crippen LogP contribution in [0.25, 0.3) is 0 Å². The molecule has 1 aromatic carbocycles. The zero-order valence-electron chi connectivity index (χ0n) is 11.8. The van der Waals surface area contributed by atoms with E-state index >= 15 is 0 Å². The van der Waals surface area contributed by atoms with Gasteiger partial charge in [0.1, 0.15) is 0 Å². The van der Waals surface area contributed by atoms with Gasteiger partial charge in [0.05, 0.1) is 5.71 Å². The third-order valence-corrected chi connectivity index (χ3v) is 3.18. The molecule has 0 bridgehead atoms. The SMILES string of the molecule is COC1(OC)C=CC(=NC(=O)c2ccccc2)C(C)=C1. The number of benzene rings is 1. The summed E-state index contributed by atoms with van der Waals surface area (Å²) < 4.78 is 10.6. The molecule has 1 aromatic rings. The lowest BCUT2D eigenvalue weighted by Crippen LogP contribution is -2.32. The van der Waals surface area contributed by atoms with Gasteiger partial charge in [-0.15, -0.1) is 0 Å². The summed E-state index contributed by atoms with van der Waals surface area (Å²) in [5.74, 6) is -1.14. The normalized spacial score (nSPS) is 18.9. The standard InChI is InChI=1S/C16H17NO3/c1-12-11-16(19-2,20-3)10-9-14(12)17-15(18)13-7-5-4-6-8-13/h4-11H,1-3H3. The highest BCUT2D eigenvalue weighted by Crippen LogP contribution is 2.23. The predicted octanol–water partition coefficient (Wildman–Crippen LogP) is 2.77. The summed E-state index contributed by atoms with van der Waals surface area (Å²) in [7, 11) is 3.13. The fourth-order valence-corrected chi connectivity index (χ4v) is 1.97. The molecule has 0 saturated carbocycles. The molecule has 0 aromatic heterocycles. The number of carbonyl (C=O) groups excluding carboxylic acids is 1. The van der Waals surface area contributed by atoms with Crippen molar-refractivity contribution in [1.29, 1.82) is 0 Å². The quantitative estimate of drug-likeness (QED) is 0.794. The monoisotopic (exact) mass is 271 g/mol. The number of allylic oxidation sites excluding steroid dienone is 2. The molecule has 0 spiro atoms. The Kier molecular flexibility index (Phi) is 4.27. The minimum Gasteiger partial charge on any atom is -0.346 e. The Morgan fingerprint density at radius 2 is 1.80 bits per heavy atom. The van der Waals surface area contributed by atoms with Gasteiger partial charge in [0.15, 0.2) is 0 Å². The van der Waals surface area contributed by atoms with Gasteiger partial charge in [-0.2, -0.15) is 0 Å². The maximum atomic E-state index is 12.0. The van der Waals surface area contributed by atoms with Crippen LogP contribution >= 0.6 is 0 Å². The van der Waals surface area contributed by atoms with Gasteiger partial charge in [0, 0.05) is 19.8 Å². The average molecular weight is 271 g/mol. The van der Waals surface area contributed by atoms with Gasteiger partial charge in [0.25, 0.3) is 5.91 Å². The van der Waals surface area contributed by atoms with E-state index in [4.69, 9.17) is 9.47 Å². The molecule has 104 valence electrons. The number of amides is 1. The second-order valence-electron chi connectivity index (χ2n) is 4.46. The Labute approximate surface area is 118 Å². The zero-order valence-corrected chi connectivity index (χ0v) is 11.8. The molecule has 0 atom stereocenters. The number of rotatable bonds is 3. The van der Waals surface area contributed by atoms with Crippen molar-refractivity contribution >= 4 is 11.6 Å².